The minimum absolute atomic E-state index is 0.368. The van der Waals surface area contributed by atoms with Crippen LogP contribution < -0.4 is 4.74 Å². The molecule has 1 aromatic heterocycles. The Kier molecular flexibility index (Phi) is 4.86. The van der Waals surface area contributed by atoms with Crippen molar-refractivity contribution in [2.45, 2.75) is 24.3 Å². The van der Waals surface area contributed by atoms with E-state index in [1.165, 1.54) is 6.07 Å². The molecule has 0 atom stereocenters. The molecule has 0 aliphatic heterocycles. The van der Waals surface area contributed by atoms with Crippen molar-refractivity contribution in [3.63, 3.8) is 0 Å². The minimum atomic E-state index is -5.18. The lowest BCUT2D eigenvalue weighted by Gasteiger charge is -2.18. The molecule has 1 rings (SSSR count). The Hall–Kier alpha value is -1.50. The van der Waals surface area contributed by atoms with Crippen molar-refractivity contribution in [1.29, 1.82) is 5.26 Å². The third-order valence-corrected chi connectivity index (χ3v) is 2.65. The smallest absolute Gasteiger partial charge is 0.405 e. The number of rotatable bonds is 3. The largest absolute Gasteiger partial charge is 0.573 e. The van der Waals surface area contributed by atoms with Crippen LogP contribution in [0.5, 0.6) is 5.75 Å². The van der Waals surface area contributed by atoms with Crippen LogP contribution in [0.2, 0.25) is 0 Å². The van der Waals surface area contributed by atoms with Crippen LogP contribution in [-0.2, 0) is 17.9 Å². The Balaban J connectivity index is 3.51. The summed E-state index contributed by atoms with van der Waals surface area (Å²) >= 11 is 2.67. The van der Waals surface area contributed by atoms with Crippen molar-refractivity contribution in [2.24, 2.45) is 0 Å². The van der Waals surface area contributed by atoms with Gasteiger partial charge in [-0.2, -0.15) is 18.4 Å². The number of ether oxygens (including phenoxy) is 1. The molecular formula is C10H5BrF6N2O. The van der Waals surface area contributed by atoms with Gasteiger partial charge < -0.3 is 4.74 Å². The Morgan fingerprint density at radius 1 is 1.25 bits per heavy atom. The summed E-state index contributed by atoms with van der Waals surface area (Å²) in [5.41, 5.74) is -2.66. The molecule has 0 aliphatic carbocycles. The van der Waals surface area contributed by atoms with Gasteiger partial charge in [0.15, 0.2) is 5.69 Å². The molecule has 0 spiro atoms. The Labute approximate surface area is 117 Å². The lowest BCUT2D eigenvalue weighted by Crippen LogP contribution is -2.21. The van der Waals surface area contributed by atoms with Gasteiger partial charge in [-0.1, -0.05) is 15.9 Å². The number of aromatic nitrogens is 1. The van der Waals surface area contributed by atoms with Gasteiger partial charge in [0.2, 0.25) is 0 Å². The van der Waals surface area contributed by atoms with Crippen molar-refractivity contribution in [1.82, 2.24) is 4.98 Å². The molecular weight excluding hydrogens is 358 g/mol. The van der Waals surface area contributed by atoms with Gasteiger partial charge in [-0.3, -0.25) is 4.98 Å². The minimum Gasteiger partial charge on any atom is -0.405 e. The molecule has 1 heterocycles. The van der Waals surface area contributed by atoms with E-state index >= 15 is 0 Å². The van der Waals surface area contributed by atoms with E-state index in [4.69, 9.17) is 5.26 Å². The van der Waals surface area contributed by atoms with E-state index in [0.717, 1.165) is 0 Å². The Morgan fingerprint density at radius 3 is 2.25 bits per heavy atom. The normalized spacial score (nSPS) is 12.1. The third kappa shape index (κ3) is 4.00. The second-order valence-corrected chi connectivity index (χ2v) is 4.01. The summed E-state index contributed by atoms with van der Waals surface area (Å²) < 4.78 is 78.5. The van der Waals surface area contributed by atoms with Crippen LogP contribution in [0.25, 0.3) is 0 Å². The molecule has 3 nitrogen and oxygen atoms in total. The highest BCUT2D eigenvalue weighted by Gasteiger charge is 2.40. The van der Waals surface area contributed by atoms with Crippen LogP contribution in [-0.4, -0.2) is 11.3 Å². The maximum Gasteiger partial charge on any atom is 0.573 e. The zero-order valence-corrected chi connectivity index (χ0v) is 11.0. The molecule has 0 saturated carbocycles. The fourth-order valence-corrected chi connectivity index (χ4v) is 1.92. The summed E-state index contributed by atoms with van der Waals surface area (Å²) in [4.78, 5) is 3.08. The lowest BCUT2D eigenvalue weighted by molar-refractivity contribution is -0.275. The average Bonchev–Trinajstić information content (AvgIpc) is 2.27. The van der Waals surface area contributed by atoms with Crippen molar-refractivity contribution < 1.29 is 31.1 Å². The SMILES string of the molecule is N#CCc1cnc(C(F)(F)F)c(CBr)c1OC(F)(F)F. The van der Waals surface area contributed by atoms with Crippen molar-refractivity contribution in [3.8, 4) is 11.8 Å². The summed E-state index contributed by atoms with van der Waals surface area (Å²) in [7, 11) is 0. The van der Waals surface area contributed by atoms with Crippen LogP contribution in [0.15, 0.2) is 6.20 Å². The zero-order chi connectivity index (χ0) is 15.6. The van der Waals surface area contributed by atoms with E-state index < -0.39 is 41.3 Å². The zero-order valence-electron chi connectivity index (χ0n) is 9.44. The topological polar surface area (TPSA) is 45.9 Å². The van der Waals surface area contributed by atoms with Crippen molar-refractivity contribution >= 4 is 15.9 Å². The van der Waals surface area contributed by atoms with Crippen molar-refractivity contribution in [2.75, 3.05) is 0 Å². The molecule has 0 unspecified atom stereocenters. The van der Waals surface area contributed by atoms with E-state index in [1.54, 1.807) is 0 Å². The molecule has 0 aromatic carbocycles. The number of halogens is 7. The van der Waals surface area contributed by atoms with E-state index in [1.807, 2.05) is 0 Å². The summed E-state index contributed by atoms with van der Waals surface area (Å²) in [6.07, 6.45) is -10.1. The van der Waals surface area contributed by atoms with Gasteiger partial charge in [0.05, 0.1) is 12.5 Å². The van der Waals surface area contributed by atoms with Crippen LogP contribution in [0.4, 0.5) is 26.3 Å². The number of hydrogen-bond acceptors (Lipinski definition) is 3. The van der Waals surface area contributed by atoms with Gasteiger partial charge in [0, 0.05) is 22.7 Å². The molecule has 20 heavy (non-hydrogen) atoms. The first-order valence-corrected chi connectivity index (χ1v) is 5.99. The van der Waals surface area contributed by atoms with Crippen molar-refractivity contribution in [3.05, 3.63) is 23.0 Å². The van der Waals surface area contributed by atoms with Crippen LogP contribution in [0, 0.1) is 11.3 Å². The first-order chi connectivity index (χ1) is 9.10. The summed E-state index contributed by atoms with van der Waals surface area (Å²) in [5.74, 6) is -1.04. The molecule has 0 saturated heterocycles. The van der Waals surface area contributed by atoms with Crippen LogP contribution in [0.3, 0.4) is 0 Å². The predicted octanol–water partition coefficient (Wildman–Crippen LogP) is 3.96. The van der Waals surface area contributed by atoms with Gasteiger partial charge in [0.25, 0.3) is 0 Å². The summed E-state index contributed by atoms with van der Waals surface area (Å²) in [6, 6.07) is 1.54. The Bertz CT molecular complexity index is 534. The Morgan fingerprint density at radius 2 is 1.85 bits per heavy atom. The molecule has 0 aliphatic rings. The molecule has 0 N–H and O–H groups in total. The van der Waals surface area contributed by atoms with E-state index in [-0.39, 0.29) is 5.56 Å². The van der Waals surface area contributed by atoms with Gasteiger partial charge in [-0.15, -0.1) is 13.2 Å². The summed E-state index contributed by atoms with van der Waals surface area (Å²) in [5, 5.41) is 7.93. The van der Waals surface area contributed by atoms with E-state index in [9.17, 15) is 26.3 Å². The first kappa shape index (κ1) is 16.6. The monoisotopic (exact) mass is 362 g/mol. The second-order valence-electron chi connectivity index (χ2n) is 3.45. The van der Waals surface area contributed by atoms with Gasteiger partial charge >= 0.3 is 12.5 Å². The highest BCUT2D eigenvalue weighted by Crippen LogP contribution is 2.39. The fourth-order valence-electron chi connectivity index (χ4n) is 1.40. The number of alkyl halides is 7. The molecule has 1 aromatic rings. The quantitative estimate of drug-likeness (QED) is 0.603. The standard InChI is InChI=1S/C10H5BrF6N2O/c11-3-6-7(20-10(15,16)17)5(1-2-18)4-19-8(6)9(12,13)14/h4H,1,3H2. The predicted molar refractivity (Wildman–Crippen MR) is 57.9 cm³/mol. The highest BCUT2D eigenvalue weighted by molar-refractivity contribution is 9.08. The number of nitrogens with zero attached hydrogens (tertiary/aromatic N) is 2. The molecule has 110 valence electrons. The molecule has 0 fully saturated rings. The number of pyridine rings is 1. The average molecular weight is 363 g/mol. The fraction of sp³-hybridized carbons (Fsp3) is 0.400. The number of hydrogen-bond donors (Lipinski definition) is 0. The van der Waals surface area contributed by atoms with Crippen LogP contribution >= 0.6 is 15.9 Å². The maximum absolute atomic E-state index is 12.7. The molecule has 10 heteroatoms. The second kappa shape index (κ2) is 5.87. The van der Waals surface area contributed by atoms with Gasteiger partial charge in [-0.25, -0.2) is 0 Å². The lowest BCUT2D eigenvalue weighted by atomic mass is 10.1. The molecule has 0 bridgehead atoms. The van der Waals surface area contributed by atoms with Gasteiger partial charge in [-0.05, 0) is 0 Å². The third-order valence-electron chi connectivity index (χ3n) is 2.09. The highest BCUT2D eigenvalue weighted by atomic mass is 79.9. The van der Waals surface area contributed by atoms with Gasteiger partial charge in [0.1, 0.15) is 5.75 Å². The van der Waals surface area contributed by atoms with E-state index in [0.29, 0.717) is 6.20 Å². The summed E-state index contributed by atoms with van der Waals surface area (Å²) in [6.45, 7) is 0. The molecule has 0 amide bonds. The van der Waals surface area contributed by atoms with E-state index in [2.05, 4.69) is 25.7 Å². The first-order valence-electron chi connectivity index (χ1n) is 4.86. The maximum atomic E-state index is 12.7. The number of nitriles is 1. The molecule has 0 radical (unpaired) electrons. The van der Waals surface area contributed by atoms with Crippen LogP contribution in [0.1, 0.15) is 16.8 Å².